The van der Waals surface area contributed by atoms with E-state index in [1.54, 1.807) is 13.8 Å². The fourth-order valence-electron chi connectivity index (χ4n) is 0.0323. The van der Waals surface area contributed by atoms with Crippen molar-refractivity contribution in [3.05, 3.63) is 0 Å². The molecule has 0 amide bonds. The second-order valence-corrected chi connectivity index (χ2v) is 2.14. The van der Waals surface area contributed by atoms with Crippen molar-refractivity contribution in [2.24, 2.45) is 5.41 Å². The topological polar surface area (TPSA) is 46.8 Å². The Bertz CT molecular complexity index is 95.1. The number of nitriles is 1. The zero-order valence-corrected chi connectivity index (χ0v) is 8.69. The van der Waals surface area contributed by atoms with Gasteiger partial charge in [0.1, 0.15) is 0 Å². The van der Waals surface area contributed by atoms with Crippen LogP contribution in [-0.2, 0) is 0 Å². The Kier molecular flexibility index (Phi) is 7.27. The molecule has 40 valence electrons. The van der Waals surface area contributed by atoms with E-state index in [1.807, 2.05) is 6.07 Å². The number of hydrogen-bond donors (Lipinski definition) is 0. The smallest absolute Gasteiger partial charge is 0.853 e. The second-order valence-electron chi connectivity index (χ2n) is 2.14. The van der Waals surface area contributed by atoms with Gasteiger partial charge in [0.25, 0.3) is 0 Å². The predicted molar refractivity (Wildman–Crippen MR) is 24.3 cm³/mol. The van der Waals surface area contributed by atoms with Gasteiger partial charge in [0, 0.05) is 5.41 Å². The van der Waals surface area contributed by atoms with E-state index in [0.29, 0.717) is 0 Å². The second kappa shape index (κ2) is 4.92. The van der Waals surface area contributed by atoms with Crippen LogP contribution in [0, 0.1) is 16.7 Å². The summed E-state index contributed by atoms with van der Waals surface area (Å²) < 4.78 is 0. The number of nitrogens with zero attached hydrogens (tertiary/aromatic N) is 1. The third-order valence-corrected chi connectivity index (χ3v) is 0.664. The van der Waals surface area contributed by atoms with Gasteiger partial charge in [0.2, 0.25) is 0 Å². The summed E-state index contributed by atoms with van der Waals surface area (Å²) in [4.78, 5) is 0. The molecule has 3 heteroatoms. The van der Waals surface area contributed by atoms with Gasteiger partial charge in [-0.2, -0.15) is 5.26 Å². The van der Waals surface area contributed by atoms with Crippen molar-refractivity contribution in [3.63, 3.8) is 0 Å². The van der Waals surface area contributed by atoms with Crippen LogP contribution >= 0.6 is 0 Å². The van der Waals surface area contributed by atoms with E-state index in [-0.39, 0.29) is 58.0 Å². The van der Waals surface area contributed by atoms with Gasteiger partial charge in [-0.25, -0.2) is 0 Å². The molecule has 0 unspecified atom stereocenters. The maximum absolute atomic E-state index is 9.96. The molecule has 0 saturated carbocycles. The SMILES string of the molecule is CC(C)(C#N)C[O-].[K+]. The van der Waals surface area contributed by atoms with E-state index in [2.05, 4.69) is 0 Å². The van der Waals surface area contributed by atoms with Crippen molar-refractivity contribution in [2.45, 2.75) is 13.8 Å². The van der Waals surface area contributed by atoms with Crippen LogP contribution in [-0.4, -0.2) is 6.61 Å². The van der Waals surface area contributed by atoms with E-state index in [0.717, 1.165) is 0 Å². The first-order valence-corrected chi connectivity index (χ1v) is 2.12. The van der Waals surface area contributed by atoms with Crippen molar-refractivity contribution in [2.75, 3.05) is 6.61 Å². The average molecular weight is 137 g/mol. The van der Waals surface area contributed by atoms with Gasteiger partial charge >= 0.3 is 51.4 Å². The minimum absolute atomic E-state index is 0. The summed E-state index contributed by atoms with van der Waals surface area (Å²) >= 11 is 0. The third kappa shape index (κ3) is 5.23. The van der Waals surface area contributed by atoms with Crippen molar-refractivity contribution < 1.29 is 56.5 Å². The number of hydrogen-bond acceptors (Lipinski definition) is 2. The molecule has 8 heavy (non-hydrogen) atoms. The molecule has 0 N–H and O–H groups in total. The van der Waals surface area contributed by atoms with Crippen LogP contribution in [0.15, 0.2) is 0 Å². The van der Waals surface area contributed by atoms with E-state index >= 15 is 0 Å². The quantitative estimate of drug-likeness (QED) is 0.359. The van der Waals surface area contributed by atoms with Gasteiger partial charge in [0.05, 0.1) is 6.07 Å². The fourth-order valence-corrected chi connectivity index (χ4v) is 0.0323. The molecule has 0 aromatic carbocycles. The van der Waals surface area contributed by atoms with Gasteiger partial charge in [0.15, 0.2) is 0 Å². The summed E-state index contributed by atoms with van der Waals surface area (Å²) in [6.45, 7) is 2.93. The van der Waals surface area contributed by atoms with E-state index in [9.17, 15) is 5.11 Å². The Labute approximate surface area is 92.3 Å². The summed E-state index contributed by atoms with van der Waals surface area (Å²) in [6.07, 6.45) is 0. The van der Waals surface area contributed by atoms with Crippen LogP contribution in [0.4, 0.5) is 0 Å². The van der Waals surface area contributed by atoms with Crippen LogP contribution in [0.3, 0.4) is 0 Å². The van der Waals surface area contributed by atoms with Crippen LogP contribution in [0.1, 0.15) is 13.8 Å². The minimum atomic E-state index is -0.667. The molecule has 0 saturated heterocycles. The van der Waals surface area contributed by atoms with Gasteiger partial charge in [-0.05, 0) is 13.8 Å². The first-order chi connectivity index (χ1) is 3.12. The summed E-state index contributed by atoms with van der Waals surface area (Å²) in [6, 6.07) is 1.88. The normalized spacial score (nSPS) is 9.25. The van der Waals surface area contributed by atoms with Crippen molar-refractivity contribution in [1.29, 1.82) is 5.26 Å². The van der Waals surface area contributed by atoms with Crippen molar-refractivity contribution in [3.8, 4) is 6.07 Å². The van der Waals surface area contributed by atoms with Crippen molar-refractivity contribution >= 4 is 0 Å². The van der Waals surface area contributed by atoms with E-state index in [4.69, 9.17) is 5.26 Å². The zero-order valence-electron chi connectivity index (χ0n) is 5.56. The van der Waals surface area contributed by atoms with Gasteiger partial charge in [-0.1, -0.05) is 0 Å². The monoisotopic (exact) mass is 137 g/mol. The summed E-state index contributed by atoms with van der Waals surface area (Å²) in [7, 11) is 0. The van der Waals surface area contributed by atoms with Gasteiger partial charge < -0.3 is 5.11 Å². The summed E-state index contributed by atoms with van der Waals surface area (Å²) in [5, 5.41) is 18.1. The largest absolute Gasteiger partial charge is 1.00 e. The zero-order chi connectivity index (χ0) is 5.91. The molecule has 0 atom stereocenters. The van der Waals surface area contributed by atoms with Crippen molar-refractivity contribution in [1.82, 2.24) is 0 Å². The minimum Gasteiger partial charge on any atom is -0.853 e. The molecule has 0 aromatic rings. The first kappa shape index (κ1) is 11.8. The Morgan fingerprint density at radius 2 is 2.00 bits per heavy atom. The molecule has 0 heterocycles. The van der Waals surface area contributed by atoms with Gasteiger partial charge in [-0.3, -0.25) is 0 Å². The van der Waals surface area contributed by atoms with Crippen LogP contribution < -0.4 is 56.5 Å². The van der Waals surface area contributed by atoms with E-state index in [1.165, 1.54) is 0 Å². The first-order valence-electron chi connectivity index (χ1n) is 2.12. The Morgan fingerprint density at radius 3 is 2.00 bits per heavy atom. The van der Waals surface area contributed by atoms with Crippen LogP contribution in [0.5, 0.6) is 0 Å². The molecule has 0 aromatic heterocycles. The molecule has 0 aliphatic rings. The molecule has 2 nitrogen and oxygen atoms in total. The summed E-state index contributed by atoms with van der Waals surface area (Å²) in [5.41, 5.74) is -0.667. The maximum atomic E-state index is 9.96. The van der Waals surface area contributed by atoms with Gasteiger partial charge in [-0.15, -0.1) is 6.61 Å². The molecular weight excluding hydrogens is 129 g/mol. The molecule has 0 bridgehead atoms. The molecule has 0 spiro atoms. The Hall–Kier alpha value is 1.09. The third-order valence-electron chi connectivity index (χ3n) is 0.664. The molecule has 0 fully saturated rings. The molecular formula is C5H8KNO. The molecule has 0 rings (SSSR count). The molecule has 0 aliphatic carbocycles. The maximum Gasteiger partial charge on any atom is 1.00 e. The Balaban J connectivity index is 0. The van der Waals surface area contributed by atoms with Crippen LogP contribution in [0.25, 0.3) is 0 Å². The average Bonchev–Trinajstić information content (AvgIpc) is 1.68. The Morgan fingerprint density at radius 1 is 1.62 bits per heavy atom. The van der Waals surface area contributed by atoms with Crippen LogP contribution in [0.2, 0.25) is 0 Å². The van der Waals surface area contributed by atoms with E-state index < -0.39 is 5.41 Å². The molecule has 0 radical (unpaired) electrons. The fraction of sp³-hybridized carbons (Fsp3) is 0.800. The molecule has 0 aliphatic heterocycles. The summed E-state index contributed by atoms with van der Waals surface area (Å²) in [5.74, 6) is 0. The standard InChI is InChI=1S/C5H8NO.K/c1-5(2,3-6)4-7;/h4H2,1-2H3;/q-1;+1. The predicted octanol–water partition coefficient (Wildman–Crippen LogP) is -3.10. The number of rotatable bonds is 1.